The number of ketones is 1. The smallest absolute Gasteiger partial charge is 0.305 e. The Morgan fingerprint density at radius 2 is 1.72 bits per heavy atom. The first-order valence-electron chi connectivity index (χ1n) is 9.79. The highest BCUT2D eigenvalue weighted by molar-refractivity contribution is 6.17. The molecule has 2 aromatic carbocycles. The van der Waals surface area contributed by atoms with E-state index in [0.29, 0.717) is 36.4 Å². The van der Waals surface area contributed by atoms with Gasteiger partial charge in [-0.25, -0.2) is 0 Å². The SMILES string of the molecule is CCOC(=O)CCC[C@H]1C(=O)N(c2ccccc2OC)[C@H]1C(=O)c1ccccc1. The van der Waals surface area contributed by atoms with E-state index in [1.165, 1.54) is 12.0 Å². The zero-order chi connectivity index (χ0) is 20.8. The number of carbonyl (C=O) groups excluding carboxylic acids is 3. The number of nitrogens with zero attached hydrogens (tertiary/aromatic N) is 1. The maximum atomic E-state index is 13.2. The largest absolute Gasteiger partial charge is 0.495 e. The summed E-state index contributed by atoms with van der Waals surface area (Å²) in [4.78, 5) is 39.4. The van der Waals surface area contributed by atoms with Gasteiger partial charge < -0.3 is 9.47 Å². The van der Waals surface area contributed by atoms with Gasteiger partial charge in [0.1, 0.15) is 11.8 Å². The van der Waals surface area contributed by atoms with Crippen molar-refractivity contribution in [2.24, 2.45) is 5.92 Å². The zero-order valence-electron chi connectivity index (χ0n) is 16.7. The minimum atomic E-state index is -0.622. The van der Waals surface area contributed by atoms with Crippen molar-refractivity contribution in [2.45, 2.75) is 32.2 Å². The van der Waals surface area contributed by atoms with Crippen molar-refractivity contribution < 1.29 is 23.9 Å². The molecular weight excluding hydrogens is 370 g/mol. The lowest BCUT2D eigenvalue weighted by molar-refractivity contribution is -0.143. The molecule has 1 aliphatic heterocycles. The van der Waals surface area contributed by atoms with Gasteiger partial charge in [0.2, 0.25) is 5.91 Å². The van der Waals surface area contributed by atoms with Gasteiger partial charge in [-0.3, -0.25) is 19.3 Å². The van der Waals surface area contributed by atoms with Crippen LogP contribution >= 0.6 is 0 Å². The Labute approximate surface area is 170 Å². The van der Waals surface area contributed by atoms with Gasteiger partial charge in [-0.2, -0.15) is 0 Å². The minimum Gasteiger partial charge on any atom is -0.495 e. The normalized spacial score (nSPS) is 18.1. The predicted octanol–water partition coefficient (Wildman–Crippen LogP) is 3.64. The molecule has 0 unspecified atom stereocenters. The number of carbonyl (C=O) groups is 3. The lowest BCUT2D eigenvalue weighted by Crippen LogP contribution is -2.64. The molecule has 6 nitrogen and oxygen atoms in total. The van der Waals surface area contributed by atoms with Crippen LogP contribution in [-0.2, 0) is 14.3 Å². The van der Waals surface area contributed by atoms with E-state index in [4.69, 9.17) is 9.47 Å². The molecule has 0 aliphatic carbocycles. The summed E-state index contributed by atoms with van der Waals surface area (Å²) in [6, 6.07) is 15.5. The second kappa shape index (κ2) is 9.37. The Morgan fingerprint density at radius 1 is 1.03 bits per heavy atom. The van der Waals surface area contributed by atoms with Crippen LogP contribution in [0.4, 0.5) is 5.69 Å². The van der Waals surface area contributed by atoms with E-state index in [1.54, 1.807) is 43.3 Å². The Balaban J connectivity index is 1.84. The molecule has 1 saturated heterocycles. The minimum absolute atomic E-state index is 0.114. The second-order valence-electron chi connectivity index (χ2n) is 6.86. The average molecular weight is 395 g/mol. The number of anilines is 1. The van der Waals surface area contributed by atoms with E-state index in [0.717, 1.165) is 0 Å². The number of esters is 1. The Morgan fingerprint density at radius 3 is 2.41 bits per heavy atom. The summed E-state index contributed by atoms with van der Waals surface area (Å²) in [6.07, 6.45) is 1.18. The maximum absolute atomic E-state index is 13.2. The summed E-state index contributed by atoms with van der Waals surface area (Å²) < 4.78 is 10.3. The van der Waals surface area contributed by atoms with Crippen molar-refractivity contribution in [2.75, 3.05) is 18.6 Å². The van der Waals surface area contributed by atoms with Gasteiger partial charge in [-0.1, -0.05) is 42.5 Å². The molecule has 0 radical (unpaired) electrons. The number of hydrogen-bond donors (Lipinski definition) is 0. The first kappa shape index (κ1) is 20.6. The molecule has 29 heavy (non-hydrogen) atoms. The molecule has 0 bridgehead atoms. The number of para-hydroxylation sites is 2. The van der Waals surface area contributed by atoms with Crippen molar-refractivity contribution in [3.8, 4) is 5.75 Å². The summed E-state index contributed by atoms with van der Waals surface area (Å²) in [7, 11) is 1.54. The second-order valence-corrected chi connectivity index (χ2v) is 6.86. The van der Waals surface area contributed by atoms with Gasteiger partial charge in [0.15, 0.2) is 5.78 Å². The molecular formula is C23H25NO5. The van der Waals surface area contributed by atoms with Crippen LogP contribution in [0.5, 0.6) is 5.75 Å². The van der Waals surface area contributed by atoms with E-state index in [-0.39, 0.29) is 24.1 Å². The Kier molecular flexibility index (Phi) is 6.65. The van der Waals surface area contributed by atoms with Crippen molar-refractivity contribution in [1.29, 1.82) is 0 Å². The molecule has 0 saturated carbocycles. The first-order valence-corrected chi connectivity index (χ1v) is 9.79. The molecule has 1 heterocycles. The highest BCUT2D eigenvalue weighted by atomic mass is 16.5. The standard InChI is InChI=1S/C23H25NO5/c1-3-29-20(25)15-9-12-17-21(22(26)16-10-5-4-6-11-16)24(23(17)27)18-13-7-8-14-19(18)28-2/h4-8,10-11,13-14,17,21H,3,9,12,15H2,1-2H3/t17-,21-/m1/s1. The van der Waals surface area contributed by atoms with Crippen LogP contribution in [0.2, 0.25) is 0 Å². The number of hydrogen-bond acceptors (Lipinski definition) is 5. The fourth-order valence-corrected chi connectivity index (χ4v) is 3.70. The van der Waals surface area contributed by atoms with Crippen molar-refractivity contribution in [3.05, 3.63) is 60.2 Å². The van der Waals surface area contributed by atoms with E-state index < -0.39 is 12.0 Å². The highest BCUT2D eigenvalue weighted by Gasteiger charge is 2.52. The molecule has 0 spiro atoms. The molecule has 1 amide bonds. The van der Waals surface area contributed by atoms with Gasteiger partial charge in [0.25, 0.3) is 0 Å². The van der Waals surface area contributed by atoms with Crippen molar-refractivity contribution in [3.63, 3.8) is 0 Å². The highest BCUT2D eigenvalue weighted by Crippen LogP contribution is 2.41. The van der Waals surface area contributed by atoms with Crippen LogP contribution in [0.1, 0.15) is 36.5 Å². The number of benzene rings is 2. The van der Waals surface area contributed by atoms with Crippen LogP contribution in [0.15, 0.2) is 54.6 Å². The summed E-state index contributed by atoms with van der Waals surface area (Å²) in [5.74, 6) is -0.463. The maximum Gasteiger partial charge on any atom is 0.305 e. The lowest BCUT2D eigenvalue weighted by Gasteiger charge is -2.46. The number of methoxy groups -OCH3 is 1. The third kappa shape index (κ3) is 4.31. The number of rotatable bonds is 9. The predicted molar refractivity (Wildman–Crippen MR) is 109 cm³/mol. The molecule has 1 fully saturated rings. The summed E-state index contributed by atoms with van der Waals surface area (Å²) in [5.41, 5.74) is 1.14. The summed E-state index contributed by atoms with van der Waals surface area (Å²) >= 11 is 0. The first-order chi connectivity index (χ1) is 14.1. The number of amides is 1. The summed E-state index contributed by atoms with van der Waals surface area (Å²) in [5, 5.41) is 0. The van der Waals surface area contributed by atoms with Crippen molar-refractivity contribution >= 4 is 23.3 Å². The topological polar surface area (TPSA) is 72.9 Å². The van der Waals surface area contributed by atoms with Crippen LogP contribution < -0.4 is 9.64 Å². The van der Waals surface area contributed by atoms with Gasteiger partial charge >= 0.3 is 5.97 Å². The van der Waals surface area contributed by atoms with Crippen LogP contribution in [0.3, 0.4) is 0 Å². The summed E-state index contributed by atoms with van der Waals surface area (Å²) in [6.45, 7) is 2.09. The quantitative estimate of drug-likeness (QED) is 0.368. The molecule has 152 valence electrons. The number of β-lactam (4-membered cyclic amide) rings is 1. The molecule has 0 aromatic heterocycles. The molecule has 2 atom stereocenters. The van der Waals surface area contributed by atoms with Crippen molar-refractivity contribution in [1.82, 2.24) is 0 Å². The molecule has 1 aliphatic rings. The van der Waals surface area contributed by atoms with Crippen LogP contribution in [-0.4, -0.2) is 37.4 Å². The van der Waals surface area contributed by atoms with Gasteiger partial charge in [0, 0.05) is 12.0 Å². The molecule has 3 rings (SSSR count). The van der Waals surface area contributed by atoms with Crippen LogP contribution in [0, 0.1) is 5.92 Å². The zero-order valence-corrected chi connectivity index (χ0v) is 16.7. The lowest BCUT2D eigenvalue weighted by atomic mass is 9.78. The Bertz CT molecular complexity index is 880. The Hall–Kier alpha value is -3.15. The molecule has 2 aromatic rings. The van der Waals surface area contributed by atoms with E-state index in [1.807, 2.05) is 18.2 Å². The molecule has 0 N–H and O–H groups in total. The third-order valence-corrected chi connectivity index (χ3v) is 5.09. The molecule has 6 heteroatoms. The fraction of sp³-hybridized carbons (Fsp3) is 0.348. The van der Waals surface area contributed by atoms with Gasteiger partial charge in [0.05, 0.1) is 25.3 Å². The average Bonchev–Trinajstić information content (AvgIpc) is 2.75. The number of ether oxygens (including phenoxy) is 2. The monoisotopic (exact) mass is 395 g/mol. The van der Waals surface area contributed by atoms with Crippen LogP contribution in [0.25, 0.3) is 0 Å². The third-order valence-electron chi connectivity index (χ3n) is 5.09. The van der Waals surface area contributed by atoms with Gasteiger partial charge in [-0.05, 0) is 31.9 Å². The fourth-order valence-electron chi connectivity index (χ4n) is 3.70. The van der Waals surface area contributed by atoms with E-state index >= 15 is 0 Å². The van der Waals surface area contributed by atoms with Gasteiger partial charge in [-0.15, -0.1) is 0 Å². The van der Waals surface area contributed by atoms with E-state index in [2.05, 4.69) is 0 Å². The number of Topliss-reactive ketones (excluding diaryl/α,β-unsaturated/α-hetero) is 1. The van der Waals surface area contributed by atoms with E-state index in [9.17, 15) is 14.4 Å².